The van der Waals surface area contributed by atoms with Crippen molar-refractivity contribution in [2.45, 2.75) is 12.3 Å². The van der Waals surface area contributed by atoms with Crippen LogP contribution in [0.25, 0.3) is 0 Å². The lowest BCUT2D eigenvalue weighted by molar-refractivity contribution is -0.174. The van der Waals surface area contributed by atoms with Gasteiger partial charge < -0.3 is 9.64 Å². The van der Waals surface area contributed by atoms with Crippen LogP contribution >= 0.6 is 11.3 Å². The van der Waals surface area contributed by atoms with Crippen molar-refractivity contribution < 1.29 is 22.7 Å². The molecule has 1 amide bonds. The fourth-order valence-electron chi connectivity index (χ4n) is 1.85. The third kappa shape index (κ3) is 3.92. The van der Waals surface area contributed by atoms with E-state index in [4.69, 9.17) is 0 Å². The maximum absolute atomic E-state index is 11.9. The van der Waals surface area contributed by atoms with Crippen molar-refractivity contribution >= 4 is 17.2 Å². The molecule has 2 heterocycles. The van der Waals surface area contributed by atoms with Crippen LogP contribution in [0, 0.1) is 0 Å². The molecule has 1 atom stereocenters. The van der Waals surface area contributed by atoms with Crippen LogP contribution in [0.5, 0.6) is 0 Å². The molecule has 1 aromatic rings. The topological polar surface area (TPSA) is 41.6 Å². The molecule has 2 rings (SSSR count). The molecule has 19 heavy (non-hydrogen) atoms. The number of rotatable bonds is 5. The molecule has 1 aromatic heterocycles. The second-order valence-corrected chi connectivity index (χ2v) is 5.03. The zero-order valence-electron chi connectivity index (χ0n) is 9.94. The van der Waals surface area contributed by atoms with E-state index in [1.54, 1.807) is 0 Å². The molecule has 0 spiro atoms. The molecule has 1 aliphatic heterocycles. The van der Waals surface area contributed by atoms with Gasteiger partial charge in [-0.2, -0.15) is 13.2 Å². The van der Waals surface area contributed by atoms with E-state index in [0.29, 0.717) is 0 Å². The highest BCUT2D eigenvalue weighted by atomic mass is 32.1. The number of alkyl halides is 3. The fourth-order valence-corrected chi connectivity index (χ4v) is 2.66. The van der Waals surface area contributed by atoms with E-state index >= 15 is 0 Å². The molecular weight excluding hydrogens is 281 g/mol. The molecule has 0 aromatic carbocycles. The van der Waals surface area contributed by atoms with Gasteiger partial charge in [0.15, 0.2) is 0 Å². The third-order valence-electron chi connectivity index (χ3n) is 2.63. The van der Waals surface area contributed by atoms with Crippen molar-refractivity contribution in [3.63, 3.8) is 0 Å². The molecule has 1 unspecified atom stereocenters. The molecule has 1 aliphatic rings. The van der Waals surface area contributed by atoms with Gasteiger partial charge in [0.1, 0.15) is 12.8 Å². The van der Waals surface area contributed by atoms with E-state index in [9.17, 15) is 18.0 Å². The first-order valence-corrected chi connectivity index (χ1v) is 6.56. The van der Waals surface area contributed by atoms with E-state index in [0.717, 1.165) is 4.88 Å². The van der Waals surface area contributed by atoms with Gasteiger partial charge in [-0.3, -0.25) is 10.1 Å². The minimum absolute atomic E-state index is 0.130. The number of nitrogens with zero attached hydrogens (tertiary/aromatic N) is 1. The van der Waals surface area contributed by atoms with Crippen LogP contribution in [0.1, 0.15) is 11.0 Å². The number of carbonyl (C=O) groups is 1. The molecule has 0 aliphatic carbocycles. The van der Waals surface area contributed by atoms with Crippen molar-refractivity contribution in [2.24, 2.45) is 0 Å². The highest BCUT2D eigenvalue weighted by molar-refractivity contribution is 7.10. The molecular formula is C11H13F3N2O2S. The normalized spacial score (nSPS) is 20.3. The van der Waals surface area contributed by atoms with E-state index in [2.05, 4.69) is 10.1 Å². The van der Waals surface area contributed by atoms with Crippen molar-refractivity contribution in [2.75, 3.05) is 26.3 Å². The largest absolute Gasteiger partial charge is 0.411 e. The molecule has 0 bridgehead atoms. The Morgan fingerprint density at radius 1 is 1.53 bits per heavy atom. The number of ether oxygens (including phenoxy) is 1. The molecule has 1 saturated heterocycles. The van der Waals surface area contributed by atoms with Crippen LogP contribution in [-0.2, 0) is 9.53 Å². The zero-order valence-corrected chi connectivity index (χ0v) is 10.8. The van der Waals surface area contributed by atoms with Gasteiger partial charge in [0.05, 0.1) is 13.2 Å². The van der Waals surface area contributed by atoms with Crippen LogP contribution in [0.15, 0.2) is 17.5 Å². The average molecular weight is 294 g/mol. The average Bonchev–Trinajstić information content (AvgIpc) is 2.93. The van der Waals surface area contributed by atoms with Gasteiger partial charge >= 0.3 is 6.18 Å². The van der Waals surface area contributed by atoms with Crippen molar-refractivity contribution in [3.8, 4) is 0 Å². The smallest absolute Gasteiger partial charge is 0.370 e. The summed E-state index contributed by atoms with van der Waals surface area (Å²) in [5.74, 6) is -0.131. The lowest BCUT2D eigenvalue weighted by Gasteiger charge is -2.23. The van der Waals surface area contributed by atoms with Gasteiger partial charge in [-0.1, -0.05) is 6.07 Å². The van der Waals surface area contributed by atoms with Gasteiger partial charge in [0.25, 0.3) is 0 Å². The van der Waals surface area contributed by atoms with Crippen LogP contribution in [0.2, 0.25) is 0 Å². The fraction of sp³-hybridized carbons (Fsp3) is 0.545. The quantitative estimate of drug-likeness (QED) is 0.841. The zero-order chi connectivity index (χ0) is 13.9. The van der Waals surface area contributed by atoms with Crippen LogP contribution in [0.4, 0.5) is 13.2 Å². The Morgan fingerprint density at radius 2 is 2.32 bits per heavy atom. The van der Waals surface area contributed by atoms with Gasteiger partial charge in [-0.05, 0) is 11.4 Å². The maximum Gasteiger partial charge on any atom is 0.411 e. The Bertz CT molecular complexity index is 422. The molecule has 1 N–H and O–H groups in total. The van der Waals surface area contributed by atoms with E-state index in [1.165, 1.54) is 16.2 Å². The van der Waals surface area contributed by atoms with Gasteiger partial charge in [-0.15, -0.1) is 11.3 Å². The minimum Gasteiger partial charge on any atom is -0.370 e. The molecule has 4 nitrogen and oxygen atoms in total. The Balaban J connectivity index is 1.85. The maximum atomic E-state index is 11.9. The first kappa shape index (κ1) is 14.3. The summed E-state index contributed by atoms with van der Waals surface area (Å²) in [4.78, 5) is 14.1. The van der Waals surface area contributed by atoms with Gasteiger partial charge in [0, 0.05) is 11.4 Å². The van der Waals surface area contributed by atoms with E-state index < -0.39 is 12.8 Å². The van der Waals surface area contributed by atoms with E-state index in [1.807, 2.05) is 17.5 Å². The van der Waals surface area contributed by atoms with Crippen LogP contribution in [-0.4, -0.2) is 43.3 Å². The van der Waals surface area contributed by atoms with Crippen molar-refractivity contribution in [3.05, 3.63) is 22.4 Å². The lowest BCUT2D eigenvalue weighted by atomic mass is 10.3. The third-order valence-corrected chi connectivity index (χ3v) is 3.56. The van der Waals surface area contributed by atoms with Crippen LogP contribution < -0.4 is 5.32 Å². The Morgan fingerprint density at radius 3 is 2.95 bits per heavy atom. The Labute approximate surface area is 112 Å². The summed E-state index contributed by atoms with van der Waals surface area (Å²) in [6.07, 6.45) is -4.59. The van der Waals surface area contributed by atoms with Gasteiger partial charge in [0.2, 0.25) is 5.91 Å². The number of hydrogen-bond donors (Lipinski definition) is 1. The summed E-state index contributed by atoms with van der Waals surface area (Å²) in [5.41, 5.74) is 0. The predicted octanol–water partition coefficient (Wildman–Crippen LogP) is 1.76. The van der Waals surface area contributed by atoms with Crippen molar-refractivity contribution in [1.29, 1.82) is 0 Å². The number of nitrogens with one attached hydrogen (secondary N) is 1. The highest BCUT2D eigenvalue weighted by Gasteiger charge is 2.32. The molecule has 106 valence electrons. The first-order valence-electron chi connectivity index (χ1n) is 5.68. The Hall–Kier alpha value is -1.12. The molecule has 0 radical (unpaired) electrons. The number of halogens is 3. The molecule has 1 fully saturated rings. The minimum atomic E-state index is -4.33. The number of thiophene rings is 1. The number of carbonyl (C=O) groups excluding carboxylic acids is 1. The summed E-state index contributed by atoms with van der Waals surface area (Å²) in [6, 6.07) is 3.74. The summed E-state index contributed by atoms with van der Waals surface area (Å²) in [5, 5.41) is 4.91. The lowest BCUT2D eigenvalue weighted by Crippen LogP contribution is -2.33. The predicted molar refractivity (Wildman–Crippen MR) is 63.6 cm³/mol. The summed E-state index contributed by atoms with van der Waals surface area (Å²) in [6.45, 7) is -1.08. The van der Waals surface area contributed by atoms with E-state index in [-0.39, 0.29) is 31.8 Å². The Kier molecular flexibility index (Phi) is 4.43. The standard InChI is InChI=1S/C11H13F3N2O2S/c12-11(13,14)7-18-4-3-16-9(17)6-15-10(16)8-2-1-5-19-8/h1-2,5,10,15H,3-4,6-7H2. The second-order valence-electron chi connectivity index (χ2n) is 4.05. The second kappa shape index (κ2) is 5.89. The summed E-state index contributed by atoms with van der Waals surface area (Å²) in [7, 11) is 0. The molecule has 0 saturated carbocycles. The summed E-state index contributed by atoms with van der Waals surface area (Å²) >= 11 is 1.49. The SMILES string of the molecule is O=C1CNC(c2cccs2)N1CCOCC(F)(F)F. The molecule has 8 heteroatoms. The number of amides is 1. The monoisotopic (exact) mass is 294 g/mol. The van der Waals surface area contributed by atoms with Crippen LogP contribution in [0.3, 0.4) is 0 Å². The number of hydrogen-bond acceptors (Lipinski definition) is 4. The van der Waals surface area contributed by atoms with Gasteiger partial charge in [-0.25, -0.2) is 0 Å². The summed E-state index contributed by atoms with van der Waals surface area (Å²) < 4.78 is 40.3. The highest BCUT2D eigenvalue weighted by Crippen LogP contribution is 2.25. The van der Waals surface area contributed by atoms with Crippen molar-refractivity contribution in [1.82, 2.24) is 10.2 Å². The first-order chi connectivity index (χ1) is 8.97.